The van der Waals surface area contributed by atoms with E-state index in [0.717, 1.165) is 10.9 Å². The summed E-state index contributed by atoms with van der Waals surface area (Å²) in [5.41, 5.74) is 12.5. The molecule has 16 heteroatoms. The second kappa shape index (κ2) is 15.8. The van der Waals surface area contributed by atoms with Gasteiger partial charge in [-0.1, -0.05) is 30.3 Å². The quantitative estimate of drug-likeness (QED) is 0.0799. The van der Waals surface area contributed by atoms with Gasteiger partial charge in [-0.15, -0.1) is 0 Å². The number of para-hydroxylation sites is 1. The highest BCUT2D eigenvalue weighted by atomic mass is 16.4. The van der Waals surface area contributed by atoms with Gasteiger partial charge in [0.25, 0.3) is 0 Å². The molecule has 0 spiro atoms. The lowest BCUT2D eigenvalue weighted by Crippen LogP contribution is -2.58. The second-order valence-electron chi connectivity index (χ2n) is 10.2. The predicted octanol–water partition coefficient (Wildman–Crippen LogP) is -2.49. The first-order valence-corrected chi connectivity index (χ1v) is 13.8. The molecule has 3 aromatic rings. The van der Waals surface area contributed by atoms with E-state index in [1.54, 1.807) is 30.5 Å². The van der Waals surface area contributed by atoms with Gasteiger partial charge in [0.15, 0.2) is 0 Å². The van der Waals surface area contributed by atoms with Crippen molar-refractivity contribution in [3.63, 3.8) is 0 Å². The smallest absolute Gasteiger partial charge is 0.326 e. The maximum atomic E-state index is 13.7. The van der Waals surface area contributed by atoms with Crippen LogP contribution in [0.5, 0.6) is 5.75 Å². The van der Waals surface area contributed by atoms with Gasteiger partial charge in [0, 0.05) is 29.9 Å². The molecule has 45 heavy (non-hydrogen) atoms. The highest BCUT2D eigenvalue weighted by molar-refractivity contribution is 5.96. The minimum Gasteiger partial charge on any atom is -0.508 e. The molecule has 0 saturated heterocycles. The number of nitrogens with two attached hydrogens (primary N) is 2. The van der Waals surface area contributed by atoms with Gasteiger partial charge in [-0.2, -0.15) is 0 Å². The summed E-state index contributed by atoms with van der Waals surface area (Å²) in [4.78, 5) is 77.8. The van der Waals surface area contributed by atoms with Gasteiger partial charge in [-0.05, 0) is 29.3 Å². The number of primary amides is 1. The minimum atomic E-state index is -1.67. The minimum absolute atomic E-state index is 0.0360. The summed E-state index contributed by atoms with van der Waals surface area (Å²) in [6.07, 6.45) is 0.715. The molecule has 0 saturated carbocycles. The van der Waals surface area contributed by atoms with Gasteiger partial charge < -0.3 is 53.0 Å². The third kappa shape index (κ3) is 10.0. The van der Waals surface area contributed by atoms with Crippen molar-refractivity contribution in [1.29, 1.82) is 0 Å². The molecule has 0 bridgehead atoms. The first-order valence-electron chi connectivity index (χ1n) is 13.8. The largest absolute Gasteiger partial charge is 0.508 e. The number of aliphatic hydroxyl groups is 1. The number of aromatic nitrogens is 1. The summed E-state index contributed by atoms with van der Waals surface area (Å²) in [5.74, 6) is -5.88. The zero-order chi connectivity index (χ0) is 33.1. The van der Waals surface area contributed by atoms with Crippen molar-refractivity contribution in [2.75, 3.05) is 13.2 Å². The third-order valence-corrected chi connectivity index (χ3v) is 6.74. The summed E-state index contributed by atoms with van der Waals surface area (Å²) >= 11 is 0. The van der Waals surface area contributed by atoms with Crippen LogP contribution in [-0.2, 0) is 41.6 Å². The number of aromatic hydroxyl groups is 1. The number of H-pyrrole nitrogens is 1. The normalized spacial score (nSPS) is 13.6. The van der Waals surface area contributed by atoms with Crippen LogP contribution in [0.3, 0.4) is 0 Å². The van der Waals surface area contributed by atoms with Crippen LogP contribution in [0.25, 0.3) is 10.9 Å². The van der Waals surface area contributed by atoms with E-state index in [2.05, 4.69) is 26.3 Å². The number of aliphatic hydroxyl groups excluding tert-OH is 1. The third-order valence-electron chi connectivity index (χ3n) is 6.74. The van der Waals surface area contributed by atoms with E-state index >= 15 is 0 Å². The predicted molar refractivity (Wildman–Crippen MR) is 159 cm³/mol. The van der Waals surface area contributed by atoms with Crippen LogP contribution in [0.1, 0.15) is 17.5 Å². The fraction of sp³-hybridized carbons (Fsp3) is 0.310. The van der Waals surface area contributed by atoms with Crippen LogP contribution in [-0.4, -0.2) is 93.1 Å². The van der Waals surface area contributed by atoms with Gasteiger partial charge in [-0.25, -0.2) is 4.79 Å². The number of hydrogen-bond donors (Lipinski definition) is 10. The molecule has 5 amide bonds. The Bertz CT molecular complexity index is 1540. The molecule has 4 atom stereocenters. The Balaban J connectivity index is 1.88. The lowest BCUT2D eigenvalue weighted by molar-refractivity contribution is -0.143. The Morgan fingerprint density at radius 1 is 0.822 bits per heavy atom. The van der Waals surface area contributed by atoms with Gasteiger partial charge >= 0.3 is 5.97 Å². The van der Waals surface area contributed by atoms with Crippen LogP contribution in [0.15, 0.2) is 54.7 Å². The number of fused-ring (bicyclic) bond motifs is 1. The van der Waals surface area contributed by atoms with Crippen molar-refractivity contribution in [3.05, 3.63) is 65.9 Å². The number of phenols is 1. The van der Waals surface area contributed by atoms with Crippen molar-refractivity contribution < 1.29 is 44.1 Å². The number of hydrogen-bond acceptors (Lipinski definition) is 9. The van der Waals surface area contributed by atoms with Crippen molar-refractivity contribution in [2.45, 2.75) is 43.4 Å². The zero-order valence-corrected chi connectivity index (χ0v) is 24.0. The number of carboxylic acid groups (broad SMARTS) is 1. The Morgan fingerprint density at radius 3 is 2.07 bits per heavy atom. The van der Waals surface area contributed by atoms with Gasteiger partial charge in [0.1, 0.15) is 29.9 Å². The maximum Gasteiger partial charge on any atom is 0.326 e. The molecular weight excluding hydrogens is 590 g/mol. The van der Waals surface area contributed by atoms with E-state index in [1.807, 2.05) is 0 Å². The Morgan fingerprint density at radius 2 is 1.44 bits per heavy atom. The fourth-order valence-electron chi connectivity index (χ4n) is 4.38. The van der Waals surface area contributed by atoms with Crippen molar-refractivity contribution in [3.8, 4) is 5.75 Å². The second-order valence-corrected chi connectivity index (χ2v) is 10.2. The van der Waals surface area contributed by atoms with Crippen LogP contribution < -0.4 is 32.7 Å². The molecule has 16 nitrogen and oxygen atoms in total. The number of carboxylic acids is 1. The first kappa shape index (κ1) is 34.0. The Kier molecular flexibility index (Phi) is 12.0. The molecule has 12 N–H and O–H groups in total. The first-order chi connectivity index (χ1) is 21.4. The molecular formula is C29H35N7O9. The molecule has 1 aromatic heterocycles. The molecule has 0 unspecified atom stereocenters. The molecule has 0 radical (unpaired) electrons. The average molecular weight is 626 g/mol. The summed E-state index contributed by atoms with van der Waals surface area (Å²) in [7, 11) is 0. The van der Waals surface area contributed by atoms with Crippen LogP contribution in [0, 0.1) is 0 Å². The highest BCUT2D eigenvalue weighted by Crippen LogP contribution is 2.19. The zero-order valence-electron chi connectivity index (χ0n) is 24.0. The number of benzene rings is 2. The highest BCUT2D eigenvalue weighted by Gasteiger charge is 2.31. The Hall–Kier alpha value is -5.48. The number of amides is 5. The fourth-order valence-corrected chi connectivity index (χ4v) is 4.38. The number of phenolic OH excluding ortho intramolecular Hbond substituents is 1. The van der Waals surface area contributed by atoms with E-state index in [0.29, 0.717) is 11.1 Å². The molecule has 2 aromatic carbocycles. The number of rotatable bonds is 16. The summed E-state index contributed by atoms with van der Waals surface area (Å²) in [6.45, 7) is -1.24. The van der Waals surface area contributed by atoms with Crippen molar-refractivity contribution in [2.24, 2.45) is 11.5 Å². The van der Waals surface area contributed by atoms with E-state index in [4.69, 9.17) is 16.6 Å². The molecule has 3 rings (SSSR count). The van der Waals surface area contributed by atoms with Crippen LogP contribution in [0.2, 0.25) is 0 Å². The summed E-state index contributed by atoms with van der Waals surface area (Å²) in [5, 5.41) is 38.5. The van der Waals surface area contributed by atoms with Crippen molar-refractivity contribution in [1.82, 2.24) is 26.3 Å². The number of carbonyl (C=O) groups is 6. The maximum absolute atomic E-state index is 13.7. The van der Waals surface area contributed by atoms with Gasteiger partial charge in [0.2, 0.25) is 29.5 Å². The monoisotopic (exact) mass is 625 g/mol. The lowest BCUT2D eigenvalue weighted by atomic mass is 10.0. The molecule has 0 fully saturated rings. The van der Waals surface area contributed by atoms with Gasteiger partial charge in [0.05, 0.1) is 19.6 Å². The number of aliphatic carboxylic acids is 1. The standard InChI is InChI=1S/C29H35N7O9/c30-19(14-37)26(41)33-13-25(40)34-21(9-15-5-7-17(38)8-6-15)27(42)35-22(28(43)36-23(29(44)45)11-24(31)39)10-16-12-32-20-4-2-1-3-18(16)20/h1-8,12,19,21-23,32,37-38H,9-11,13-14,30H2,(H2,31,39)(H,33,41)(H,34,40)(H,35,42)(H,36,43)(H,44,45)/t19-,21-,22-,23-/m0/s1. The molecule has 0 aliphatic heterocycles. The molecule has 1 heterocycles. The van der Waals surface area contributed by atoms with Crippen LogP contribution >= 0.6 is 0 Å². The van der Waals surface area contributed by atoms with E-state index < -0.39 is 79.2 Å². The molecule has 0 aliphatic rings. The van der Waals surface area contributed by atoms with Gasteiger partial charge in [-0.3, -0.25) is 24.0 Å². The number of aromatic amines is 1. The molecule has 0 aliphatic carbocycles. The topological polar surface area (TPSA) is 279 Å². The van der Waals surface area contributed by atoms with E-state index in [9.17, 15) is 39.0 Å². The summed E-state index contributed by atoms with van der Waals surface area (Å²) in [6, 6.07) is 7.32. The van der Waals surface area contributed by atoms with E-state index in [-0.39, 0.29) is 18.6 Å². The van der Waals surface area contributed by atoms with Crippen molar-refractivity contribution >= 4 is 46.4 Å². The number of carbonyl (C=O) groups excluding carboxylic acids is 5. The summed E-state index contributed by atoms with van der Waals surface area (Å²) < 4.78 is 0. The Labute approximate surface area is 256 Å². The van der Waals surface area contributed by atoms with Crippen LogP contribution in [0.4, 0.5) is 0 Å². The number of nitrogens with one attached hydrogen (secondary N) is 5. The SMILES string of the molecule is NC(=O)C[C@H](NC(=O)[C@H](Cc1c[nH]c2ccccc12)NC(=O)[C@H](Cc1ccc(O)cc1)NC(=O)CNC(=O)[C@@H](N)CO)C(=O)O. The molecule has 240 valence electrons. The lowest BCUT2D eigenvalue weighted by Gasteiger charge is -2.24. The van der Waals surface area contributed by atoms with E-state index in [1.165, 1.54) is 24.3 Å². The average Bonchev–Trinajstić information content (AvgIpc) is 3.41.